The lowest BCUT2D eigenvalue weighted by atomic mass is 9.83. The van der Waals surface area contributed by atoms with E-state index in [1.165, 1.54) is 55.2 Å². The summed E-state index contributed by atoms with van der Waals surface area (Å²) in [5.41, 5.74) is 10.8. The van der Waals surface area contributed by atoms with E-state index in [2.05, 4.69) is 32.0 Å². The second-order valence-electron chi connectivity index (χ2n) is 6.08. The number of rotatable bonds is 5. The summed E-state index contributed by atoms with van der Waals surface area (Å²) in [5.74, 6) is 0.861. The fraction of sp³-hybridized carbons (Fsp3) is 0.667. The molecule has 1 saturated carbocycles. The Bertz CT molecular complexity index is 391. The number of hydrogen-bond acceptors (Lipinski definition) is 1. The van der Waals surface area contributed by atoms with E-state index in [0.29, 0.717) is 0 Å². The van der Waals surface area contributed by atoms with E-state index in [1.54, 1.807) is 0 Å². The molecule has 0 spiro atoms. The quantitative estimate of drug-likeness (QED) is 0.809. The largest absolute Gasteiger partial charge is 0.324 e. The van der Waals surface area contributed by atoms with Gasteiger partial charge in [0.2, 0.25) is 0 Å². The Kier molecular flexibility index (Phi) is 5.45. The zero-order valence-electron chi connectivity index (χ0n) is 12.6. The number of benzene rings is 1. The van der Waals surface area contributed by atoms with E-state index < -0.39 is 0 Å². The molecule has 2 rings (SSSR count). The standard InChI is InChI=1S/C18H29N/c1-3-15-10-11-17(13-16(15)4-2)18(19)12-14-8-6-5-7-9-14/h10-11,13-14,18H,3-9,12,19H2,1-2H3. The molecular weight excluding hydrogens is 230 g/mol. The van der Waals surface area contributed by atoms with Gasteiger partial charge in [-0.1, -0.05) is 64.2 Å². The van der Waals surface area contributed by atoms with Crippen LogP contribution in [0.1, 0.15) is 75.1 Å². The Morgan fingerprint density at radius 1 is 1.05 bits per heavy atom. The van der Waals surface area contributed by atoms with Crippen molar-refractivity contribution in [2.75, 3.05) is 0 Å². The third-order valence-electron chi connectivity index (χ3n) is 4.73. The van der Waals surface area contributed by atoms with Gasteiger partial charge in [0.15, 0.2) is 0 Å². The van der Waals surface area contributed by atoms with Crippen LogP contribution in [0.2, 0.25) is 0 Å². The van der Waals surface area contributed by atoms with Crippen molar-refractivity contribution in [2.24, 2.45) is 11.7 Å². The Morgan fingerprint density at radius 3 is 2.37 bits per heavy atom. The van der Waals surface area contributed by atoms with Crippen LogP contribution in [0.4, 0.5) is 0 Å². The monoisotopic (exact) mass is 259 g/mol. The molecule has 1 atom stereocenters. The molecule has 106 valence electrons. The van der Waals surface area contributed by atoms with Gasteiger partial charge in [-0.2, -0.15) is 0 Å². The summed E-state index contributed by atoms with van der Waals surface area (Å²) in [5, 5.41) is 0. The molecule has 1 unspecified atom stereocenters. The van der Waals surface area contributed by atoms with Crippen molar-refractivity contribution in [3.63, 3.8) is 0 Å². The van der Waals surface area contributed by atoms with Crippen LogP contribution in [0, 0.1) is 5.92 Å². The van der Waals surface area contributed by atoms with Gasteiger partial charge >= 0.3 is 0 Å². The fourth-order valence-corrected chi connectivity index (χ4v) is 3.47. The summed E-state index contributed by atoms with van der Waals surface area (Å²) in [6.45, 7) is 4.47. The van der Waals surface area contributed by atoms with Crippen molar-refractivity contribution in [1.29, 1.82) is 0 Å². The first kappa shape index (κ1) is 14.6. The van der Waals surface area contributed by atoms with Crippen LogP contribution in [0.5, 0.6) is 0 Å². The van der Waals surface area contributed by atoms with Gasteiger partial charge in [-0.25, -0.2) is 0 Å². The maximum atomic E-state index is 6.44. The predicted molar refractivity (Wildman–Crippen MR) is 83.3 cm³/mol. The Labute approximate surface area is 118 Å². The molecule has 0 amide bonds. The number of nitrogens with two attached hydrogens (primary N) is 1. The van der Waals surface area contributed by atoms with Crippen molar-refractivity contribution >= 4 is 0 Å². The molecule has 1 aromatic rings. The molecule has 19 heavy (non-hydrogen) atoms. The molecule has 0 bridgehead atoms. The van der Waals surface area contributed by atoms with Crippen LogP contribution in [0.15, 0.2) is 18.2 Å². The highest BCUT2D eigenvalue weighted by atomic mass is 14.6. The Balaban J connectivity index is 2.03. The van der Waals surface area contributed by atoms with Gasteiger partial charge in [0.25, 0.3) is 0 Å². The average Bonchev–Trinajstić information content (AvgIpc) is 2.47. The smallest absolute Gasteiger partial charge is 0.0297 e. The second-order valence-corrected chi connectivity index (χ2v) is 6.08. The van der Waals surface area contributed by atoms with Crippen LogP contribution >= 0.6 is 0 Å². The van der Waals surface area contributed by atoms with E-state index >= 15 is 0 Å². The van der Waals surface area contributed by atoms with Crippen LogP contribution < -0.4 is 5.73 Å². The Morgan fingerprint density at radius 2 is 1.74 bits per heavy atom. The number of aryl methyl sites for hydroxylation is 2. The van der Waals surface area contributed by atoms with Gasteiger partial charge in [-0.3, -0.25) is 0 Å². The zero-order chi connectivity index (χ0) is 13.7. The molecule has 0 aromatic heterocycles. The fourth-order valence-electron chi connectivity index (χ4n) is 3.47. The summed E-state index contributed by atoms with van der Waals surface area (Å²) in [7, 11) is 0. The molecule has 0 radical (unpaired) electrons. The van der Waals surface area contributed by atoms with Crippen molar-refractivity contribution in [2.45, 2.75) is 71.3 Å². The number of hydrogen-bond donors (Lipinski definition) is 1. The van der Waals surface area contributed by atoms with Crippen molar-refractivity contribution in [3.05, 3.63) is 34.9 Å². The zero-order valence-corrected chi connectivity index (χ0v) is 12.6. The van der Waals surface area contributed by atoms with Gasteiger partial charge in [0, 0.05) is 6.04 Å². The summed E-state index contributed by atoms with van der Waals surface area (Å²) in [6.07, 6.45) is 10.4. The van der Waals surface area contributed by atoms with Crippen molar-refractivity contribution in [3.8, 4) is 0 Å². The minimum atomic E-state index is 0.235. The molecule has 0 aliphatic heterocycles. The van der Waals surface area contributed by atoms with Crippen LogP contribution in [-0.4, -0.2) is 0 Å². The molecule has 1 aliphatic rings. The lowest BCUT2D eigenvalue weighted by Crippen LogP contribution is -2.17. The molecule has 1 heteroatoms. The molecule has 0 saturated heterocycles. The third kappa shape index (κ3) is 3.82. The molecule has 1 aromatic carbocycles. The van der Waals surface area contributed by atoms with Gasteiger partial charge in [-0.15, -0.1) is 0 Å². The van der Waals surface area contributed by atoms with Gasteiger partial charge in [0.05, 0.1) is 0 Å². The van der Waals surface area contributed by atoms with Gasteiger partial charge < -0.3 is 5.73 Å². The van der Waals surface area contributed by atoms with Crippen LogP contribution in [0.25, 0.3) is 0 Å². The molecule has 1 aliphatic carbocycles. The lowest BCUT2D eigenvalue weighted by Gasteiger charge is -2.25. The minimum Gasteiger partial charge on any atom is -0.324 e. The summed E-state index contributed by atoms with van der Waals surface area (Å²) in [6, 6.07) is 7.13. The van der Waals surface area contributed by atoms with Gasteiger partial charge in [0.1, 0.15) is 0 Å². The highest BCUT2D eigenvalue weighted by Gasteiger charge is 2.18. The van der Waals surface area contributed by atoms with E-state index in [0.717, 1.165) is 18.8 Å². The SMILES string of the molecule is CCc1ccc(C(N)CC2CCCCC2)cc1CC. The lowest BCUT2D eigenvalue weighted by molar-refractivity contribution is 0.319. The maximum Gasteiger partial charge on any atom is 0.0297 e. The third-order valence-corrected chi connectivity index (χ3v) is 4.73. The first-order chi connectivity index (χ1) is 9.24. The normalized spacial score (nSPS) is 18.5. The van der Waals surface area contributed by atoms with Gasteiger partial charge in [-0.05, 0) is 41.9 Å². The highest BCUT2D eigenvalue weighted by molar-refractivity contribution is 5.33. The first-order valence-corrected chi connectivity index (χ1v) is 8.11. The second kappa shape index (κ2) is 7.09. The van der Waals surface area contributed by atoms with Crippen molar-refractivity contribution in [1.82, 2.24) is 0 Å². The van der Waals surface area contributed by atoms with E-state index in [4.69, 9.17) is 5.73 Å². The molecule has 0 heterocycles. The molecule has 2 N–H and O–H groups in total. The molecular formula is C18H29N. The predicted octanol–water partition coefficient (Wildman–Crippen LogP) is 4.78. The topological polar surface area (TPSA) is 26.0 Å². The summed E-state index contributed by atoms with van der Waals surface area (Å²) < 4.78 is 0. The van der Waals surface area contributed by atoms with Crippen LogP contribution in [0.3, 0.4) is 0 Å². The van der Waals surface area contributed by atoms with Crippen LogP contribution in [-0.2, 0) is 12.8 Å². The van der Waals surface area contributed by atoms with E-state index in [9.17, 15) is 0 Å². The average molecular weight is 259 g/mol. The van der Waals surface area contributed by atoms with Crippen molar-refractivity contribution < 1.29 is 0 Å². The first-order valence-electron chi connectivity index (χ1n) is 8.11. The van der Waals surface area contributed by atoms with E-state index in [-0.39, 0.29) is 6.04 Å². The molecule has 1 fully saturated rings. The van der Waals surface area contributed by atoms with E-state index in [1.807, 2.05) is 0 Å². The summed E-state index contributed by atoms with van der Waals surface area (Å²) in [4.78, 5) is 0. The summed E-state index contributed by atoms with van der Waals surface area (Å²) >= 11 is 0. The minimum absolute atomic E-state index is 0.235. The highest BCUT2D eigenvalue weighted by Crippen LogP contribution is 2.31. The molecule has 1 nitrogen and oxygen atoms in total. The Hall–Kier alpha value is -0.820. The maximum absolute atomic E-state index is 6.44.